The zero-order chi connectivity index (χ0) is 20.4. The minimum Gasteiger partial charge on any atom is -0.496 e. The molecule has 3 rings (SSSR count). The van der Waals surface area contributed by atoms with E-state index in [1.54, 1.807) is 29.5 Å². The number of carbonyl (C=O) groups is 1. The molecule has 1 amide bonds. The molecule has 0 saturated carbocycles. The summed E-state index contributed by atoms with van der Waals surface area (Å²) in [6, 6.07) is 3.64. The van der Waals surface area contributed by atoms with Gasteiger partial charge in [-0.15, -0.1) is 0 Å². The third-order valence-electron chi connectivity index (χ3n) is 4.92. The second-order valence-corrected chi connectivity index (χ2v) is 7.12. The number of benzene rings is 1. The number of aryl methyl sites for hydroxylation is 1. The van der Waals surface area contributed by atoms with Crippen molar-refractivity contribution < 1.29 is 19.4 Å². The molecule has 28 heavy (non-hydrogen) atoms. The van der Waals surface area contributed by atoms with E-state index in [0.717, 1.165) is 11.1 Å². The number of aromatic nitrogens is 3. The lowest BCUT2D eigenvalue weighted by molar-refractivity contribution is -0.118. The number of nitrogens with zero attached hydrogens (tertiary/aromatic N) is 4. The number of ether oxygens (including phenoxy) is 2. The fraction of sp³-hybridized carbons (Fsp3) is 0.500. The van der Waals surface area contributed by atoms with Crippen molar-refractivity contribution in [1.29, 1.82) is 0 Å². The highest BCUT2D eigenvalue weighted by Gasteiger charge is 2.30. The lowest BCUT2D eigenvalue weighted by Crippen LogP contribution is -2.36. The van der Waals surface area contributed by atoms with Gasteiger partial charge in [-0.25, -0.2) is 4.68 Å². The zero-order valence-corrected chi connectivity index (χ0v) is 17.0. The van der Waals surface area contributed by atoms with Crippen molar-refractivity contribution >= 4 is 18.1 Å². The van der Waals surface area contributed by atoms with Gasteiger partial charge in [-0.05, 0) is 24.4 Å². The summed E-state index contributed by atoms with van der Waals surface area (Å²) in [6.45, 7) is 1.37. The molecule has 2 aromatic rings. The summed E-state index contributed by atoms with van der Waals surface area (Å²) in [7, 11) is 5.01. The maximum atomic E-state index is 11.1. The van der Waals surface area contributed by atoms with Crippen LogP contribution in [-0.2, 0) is 31.5 Å². The summed E-state index contributed by atoms with van der Waals surface area (Å²) in [5, 5.41) is 15.2. The summed E-state index contributed by atoms with van der Waals surface area (Å²) < 4.78 is 14.9. The van der Waals surface area contributed by atoms with Crippen LogP contribution in [0.4, 0.5) is 0 Å². The molecule has 1 atom stereocenters. The fourth-order valence-electron chi connectivity index (χ4n) is 3.52. The topological polar surface area (TPSA) is 108 Å². The molecular weight excluding hydrogens is 382 g/mol. The third kappa shape index (κ3) is 3.89. The standard InChI is InChI=1S/C18H25N5O4S/c1-21-16(7-6-15(19)25)20-23(18(21)28)10-22-8-11-13(26-2)4-5-14(27-3)17(11)12(24)9-22/h4-5,12,24H,6-10H2,1-3H3,(H2,19,25)/t12-/m0/s1. The van der Waals surface area contributed by atoms with Crippen molar-refractivity contribution in [2.24, 2.45) is 12.8 Å². The summed E-state index contributed by atoms with van der Waals surface area (Å²) in [6.07, 6.45) is -0.0771. The number of rotatable bonds is 7. The summed E-state index contributed by atoms with van der Waals surface area (Å²) in [4.78, 5) is 13.1. The van der Waals surface area contributed by atoms with Crippen LogP contribution in [0.2, 0.25) is 0 Å². The molecule has 9 nitrogen and oxygen atoms in total. The van der Waals surface area contributed by atoms with Crippen molar-refractivity contribution in [3.63, 3.8) is 0 Å². The quantitative estimate of drug-likeness (QED) is 0.657. The van der Waals surface area contributed by atoms with Crippen molar-refractivity contribution in [2.75, 3.05) is 20.8 Å². The van der Waals surface area contributed by atoms with Crippen molar-refractivity contribution in [3.05, 3.63) is 33.9 Å². The minimum atomic E-state index is -0.721. The molecule has 0 aliphatic carbocycles. The average Bonchev–Trinajstić information content (AvgIpc) is 2.93. The predicted molar refractivity (Wildman–Crippen MR) is 104 cm³/mol. The van der Waals surface area contributed by atoms with Gasteiger partial charge in [0.1, 0.15) is 17.3 Å². The Morgan fingerprint density at radius 3 is 2.68 bits per heavy atom. The number of aliphatic hydroxyl groups excluding tert-OH is 1. The largest absolute Gasteiger partial charge is 0.496 e. The van der Waals surface area contributed by atoms with Crippen LogP contribution in [0, 0.1) is 4.77 Å². The number of fused-ring (bicyclic) bond motifs is 1. The molecule has 3 N–H and O–H groups in total. The zero-order valence-electron chi connectivity index (χ0n) is 16.2. The van der Waals surface area contributed by atoms with Gasteiger partial charge in [0.25, 0.3) is 0 Å². The number of amides is 1. The van der Waals surface area contributed by atoms with Crippen molar-refractivity contribution in [1.82, 2.24) is 19.2 Å². The Morgan fingerprint density at radius 1 is 1.36 bits per heavy atom. The van der Waals surface area contributed by atoms with Crippen LogP contribution in [-0.4, -0.2) is 51.0 Å². The van der Waals surface area contributed by atoms with E-state index >= 15 is 0 Å². The summed E-state index contributed by atoms with van der Waals surface area (Å²) in [5.74, 6) is 1.66. The molecule has 1 aliphatic heterocycles. The number of hydrogen-bond acceptors (Lipinski definition) is 7. The maximum absolute atomic E-state index is 11.1. The van der Waals surface area contributed by atoms with Crippen LogP contribution < -0.4 is 15.2 Å². The highest BCUT2D eigenvalue weighted by molar-refractivity contribution is 7.71. The smallest absolute Gasteiger partial charge is 0.217 e. The van der Waals surface area contributed by atoms with Gasteiger partial charge in [0.15, 0.2) is 4.77 Å². The number of carbonyl (C=O) groups excluding carboxylic acids is 1. The predicted octanol–water partition coefficient (Wildman–Crippen LogP) is 0.893. The number of aliphatic hydroxyl groups is 1. The van der Waals surface area contributed by atoms with Crippen LogP contribution >= 0.6 is 12.2 Å². The van der Waals surface area contributed by atoms with E-state index < -0.39 is 6.10 Å². The van der Waals surface area contributed by atoms with Crippen LogP contribution in [0.5, 0.6) is 11.5 Å². The second-order valence-electron chi connectivity index (χ2n) is 6.75. The molecule has 0 spiro atoms. The van der Waals surface area contributed by atoms with E-state index in [2.05, 4.69) is 5.10 Å². The third-order valence-corrected chi connectivity index (χ3v) is 5.40. The lowest BCUT2D eigenvalue weighted by atomic mass is 9.95. The van der Waals surface area contributed by atoms with Crippen molar-refractivity contribution in [2.45, 2.75) is 32.2 Å². The van der Waals surface area contributed by atoms with E-state index in [-0.39, 0.29) is 12.3 Å². The van der Waals surface area contributed by atoms with Crippen LogP contribution in [0.15, 0.2) is 12.1 Å². The maximum Gasteiger partial charge on any atom is 0.217 e. The fourth-order valence-corrected chi connectivity index (χ4v) is 3.72. The summed E-state index contributed by atoms with van der Waals surface area (Å²) >= 11 is 5.47. The molecule has 0 bridgehead atoms. The molecule has 10 heteroatoms. The first kappa shape index (κ1) is 20.3. The van der Waals surface area contributed by atoms with Gasteiger partial charge >= 0.3 is 0 Å². The number of β-amino-alcohol motifs (C(OH)–C–C–N with tert-alkyl or cyclic N) is 1. The van der Waals surface area contributed by atoms with Gasteiger partial charge in [-0.1, -0.05) is 0 Å². The highest BCUT2D eigenvalue weighted by atomic mass is 32.1. The molecule has 152 valence electrons. The highest BCUT2D eigenvalue weighted by Crippen LogP contribution is 2.39. The lowest BCUT2D eigenvalue weighted by Gasteiger charge is -2.33. The van der Waals surface area contributed by atoms with Gasteiger partial charge in [-0.3, -0.25) is 9.69 Å². The monoisotopic (exact) mass is 407 g/mol. The van der Waals surface area contributed by atoms with Gasteiger partial charge < -0.3 is 24.9 Å². The molecule has 0 radical (unpaired) electrons. The first-order chi connectivity index (χ1) is 13.3. The van der Waals surface area contributed by atoms with Gasteiger partial charge in [0.05, 0.1) is 27.0 Å². The Bertz CT molecular complexity index is 939. The van der Waals surface area contributed by atoms with E-state index in [1.807, 2.05) is 18.0 Å². The SMILES string of the molecule is COc1ccc(OC)c2c1CN(Cn1nc(CCC(N)=O)n(C)c1=S)C[C@@H]2O. The first-order valence-corrected chi connectivity index (χ1v) is 9.31. The molecular formula is C18H25N5O4S. The molecule has 0 unspecified atom stereocenters. The van der Waals surface area contributed by atoms with E-state index in [4.69, 9.17) is 27.4 Å². The van der Waals surface area contributed by atoms with Gasteiger partial charge in [0.2, 0.25) is 5.91 Å². The molecule has 1 aromatic heterocycles. The van der Waals surface area contributed by atoms with E-state index in [0.29, 0.717) is 48.3 Å². The Labute approximate surface area is 168 Å². The normalized spacial score (nSPS) is 16.6. The molecule has 0 fully saturated rings. The number of methoxy groups -OCH3 is 2. The van der Waals surface area contributed by atoms with Gasteiger partial charge in [-0.2, -0.15) is 5.10 Å². The number of primary amides is 1. The molecule has 2 heterocycles. The van der Waals surface area contributed by atoms with E-state index in [9.17, 15) is 9.90 Å². The Hall–Kier alpha value is -2.43. The van der Waals surface area contributed by atoms with Crippen LogP contribution in [0.25, 0.3) is 0 Å². The van der Waals surface area contributed by atoms with Gasteiger partial charge in [0, 0.05) is 44.1 Å². The molecule has 1 aromatic carbocycles. The minimum absolute atomic E-state index is 0.215. The Kier molecular flexibility index (Phi) is 6.01. The Balaban J connectivity index is 1.85. The van der Waals surface area contributed by atoms with Crippen LogP contribution in [0.1, 0.15) is 29.5 Å². The number of nitrogens with two attached hydrogens (primary N) is 1. The van der Waals surface area contributed by atoms with Crippen molar-refractivity contribution in [3.8, 4) is 11.5 Å². The second kappa shape index (κ2) is 8.29. The summed E-state index contributed by atoms with van der Waals surface area (Å²) in [5.41, 5.74) is 6.87. The molecule has 1 aliphatic rings. The van der Waals surface area contributed by atoms with Crippen LogP contribution in [0.3, 0.4) is 0 Å². The van der Waals surface area contributed by atoms with E-state index in [1.165, 1.54) is 0 Å². The molecule has 0 saturated heterocycles. The average molecular weight is 407 g/mol. The Morgan fingerprint density at radius 2 is 2.04 bits per heavy atom. The number of hydrogen-bond donors (Lipinski definition) is 2. The first-order valence-electron chi connectivity index (χ1n) is 8.90.